The van der Waals surface area contributed by atoms with Crippen molar-refractivity contribution in [3.63, 3.8) is 0 Å². The van der Waals surface area contributed by atoms with E-state index in [4.69, 9.17) is 5.11 Å². The van der Waals surface area contributed by atoms with Gasteiger partial charge in [0.2, 0.25) is 5.91 Å². The van der Waals surface area contributed by atoms with E-state index in [0.29, 0.717) is 0 Å². The van der Waals surface area contributed by atoms with E-state index in [-0.39, 0.29) is 17.7 Å². The maximum Gasteiger partial charge on any atom is 0.307 e. The fraction of sp³-hybridized carbons (Fsp3) is 0.286. The van der Waals surface area contributed by atoms with Crippen molar-refractivity contribution in [3.05, 3.63) is 42.5 Å². The van der Waals surface area contributed by atoms with Crippen molar-refractivity contribution in [3.8, 4) is 0 Å². The Morgan fingerprint density at radius 1 is 1.05 bits per heavy atom. The van der Waals surface area contributed by atoms with Crippen LogP contribution >= 0.6 is 0 Å². The van der Waals surface area contributed by atoms with Gasteiger partial charge in [0.15, 0.2) is 0 Å². The van der Waals surface area contributed by atoms with Gasteiger partial charge in [-0.1, -0.05) is 30.4 Å². The van der Waals surface area contributed by atoms with Crippen molar-refractivity contribution in [2.75, 3.05) is 0 Å². The highest BCUT2D eigenvalue weighted by molar-refractivity contribution is 7.89. The molecule has 8 heteroatoms. The van der Waals surface area contributed by atoms with Gasteiger partial charge in [-0.15, -0.1) is 4.83 Å². The number of rotatable bonds is 5. The number of hydrogen-bond donors (Lipinski definition) is 3. The summed E-state index contributed by atoms with van der Waals surface area (Å²) in [6, 6.07) is 7.56. The largest absolute Gasteiger partial charge is 0.481 e. The first-order valence-corrected chi connectivity index (χ1v) is 8.14. The summed E-state index contributed by atoms with van der Waals surface area (Å²) in [7, 11) is -3.88. The van der Waals surface area contributed by atoms with Gasteiger partial charge in [-0.25, -0.2) is 8.42 Å². The van der Waals surface area contributed by atoms with Gasteiger partial charge in [0, 0.05) is 0 Å². The maximum atomic E-state index is 12.1. The van der Waals surface area contributed by atoms with E-state index in [9.17, 15) is 18.0 Å². The van der Waals surface area contributed by atoms with Crippen molar-refractivity contribution in [2.45, 2.75) is 17.7 Å². The van der Waals surface area contributed by atoms with Gasteiger partial charge >= 0.3 is 5.97 Å². The third kappa shape index (κ3) is 3.71. The second kappa shape index (κ2) is 6.71. The average molecular weight is 324 g/mol. The van der Waals surface area contributed by atoms with E-state index in [1.165, 1.54) is 12.1 Å². The van der Waals surface area contributed by atoms with Crippen LogP contribution in [0.5, 0.6) is 0 Å². The zero-order valence-electron chi connectivity index (χ0n) is 11.6. The number of hydrazine groups is 1. The molecule has 22 heavy (non-hydrogen) atoms. The lowest BCUT2D eigenvalue weighted by Crippen LogP contribution is -2.47. The SMILES string of the molecule is O=C(O)[C@H]1CC=CC[C@H]1C(=O)NNS(=O)(=O)c1ccccc1. The third-order valence-electron chi connectivity index (χ3n) is 3.45. The normalized spacial score (nSPS) is 21.3. The molecule has 1 aromatic carbocycles. The quantitative estimate of drug-likeness (QED) is 0.544. The molecule has 0 aromatic heterocycles. The summed E-state index contributed by atoms with van der Waals surface area (Å²) in [6.07, 6.45) is 3.93. The molecule has 0 radical (unpaired) electrons. The number of benzene rings is 1. The highest BCUT2D eigenvalue weighted by atomic mass is 32.2. The van der Waals surface area contributed by atoms with Gasteiger partial charge in [-0.05, 0) is 25.0 Å². The fourth-order valence-corrected chi connectivity index (χ4v) is 3.11. The number of allylic oxidation sites excluding steroid dienone is 2. The number of carbonyl (C=O) groups is 2. The van der Waals surface area contributed by atoms with Crippen LogP contribution in [0.25, 0.3) is 0 Å². The lowest BCUT2D eigenvalue weighted by atomic mass is 9.82. The molecule has 1 aliphatic rings. The molecule has 118 valence electrons. The van der Waals surface area contributed by atoms with E-state index in [2.05, 4.69) is 5.43 Å². The zero-order valence-corrected chi connectivity index (χ0v) is 12.4. The van der Waals surface area contributed by atoms with Gasteiger partial charge in [0.25, 0.3) is 10.0 Å². The molecule has 0 heterocycles. The molecule has 2 atom stereocenters. The topological polar surface area (TPSA) is 113 Å². The maximum absolute atomic E-state index is 12.1. The molecule has 1 amide bonds. The Balaban J connectivity index is 2.03. The molecule has 0 aliphatic heterocycles. The van der Waals surface area contributed by atoms with Crippen molar-refractivity contribution in [1.29, 1.82) is 0 Å². The first-order chi connectivity index (χ1) is 10.4. The molecule has 2 rings (SSSR count). The number of carboxylic acids is 1. The average Bonchev–Trinajstić information content (AvgIpc) is 2.53. The molecular weight excluding hydrogens is 308 g/mol. The molecule has 0 spiro atoms. The zero-order chi connectivity index (χ0) is 16.2. The first kappa shape index (κ1) is 16.2. The number of carbonyl (C=O) groups excluding carboxylic acids is 1. The summed E-state index contributed by atoms with van der Waals surface area (Å²) in [6.45, 7) is 0. The number of nitrogens with one attached hydrogen (secondary N) is 2. The summed E-state index contributed by atoms with van der Waals surface area (Å²) in [4.78, 5) is 25.2. The lowest BCUT2D eigenvalue weighted by molar-refractivity contribution is -0.147. The molecule has 1 aliphatic carbocycles. The van der Waals surface area contributed by atoms with Gasteiger partial charge in [0.1, 0.15) is 0 Å². The molecule has 0 fully saturated rings. The summed E-state index contributed by atoms with van der Waals surface area (Å²) < 4.78 is 24.0. The third-order valence-corrected chi connectivity index (χ3v) is 4.71. The molecule has 0 saturated carbocycles. The van der Waals surface area contributed by atoms with Crippen LogP contribution in [0.3, 0.4) is 0 Å². The van der Waals surface area contributed by atoms with E-state index >= 15 is 0 Å². The Morgan fingerprint density at radius 3 is 2.23 bits per heavy atom. The van der Waals surface area contributed by atoms with Crippen molar-refractivity contribution in [2.24, 2.45) is 11.8 Å². The number of aliphatic carboxylic acids is 1. The minimum Gasteiger partial charge on any atom is -0.481 e. The van der Waals surface area contributed by atoms with Crippen LogP contribution < -0.4 is 10.3 Å². The van der Waals surface area contributed by atoms with Gasteiger partial charge in [0.05, 0.1) is 16.7 Å². The second-order valence-corrected chi connectivity index (χ2v) is 6.58. The fourth-order valence-electron chi connectivity index (χ4n) is 2.25. The van der Waals surface area contributed by atoms with Crippen LogP contribution in [0.15, 0.2) is 47.4 Å². The van der Waals surface area contributed by atoms with E-state index in [0.717, 1.165) is 0 Å². The van der Waals surface area contributed by atoms with Gasteiger partial charge < -0.3 is 5.11 Å². The lowest BCUT2D eigenvalue weighted by Gasteiger charge is -2.24. The number of amides is 1. The number of sulfonamides is 1. The molecular formula is C14H16N2O5S. The standard InChI is InChI=1S/C14H16N2O5S/c17-13(11-8-4-5-9-12(11)14(18)19)15-16-22(20,21)10-6-2-1-3-7-10/h1-7,11-12,16H,8-9H2,(H,15,17)(H,18,19)/t11-,12+/m1/s1. The predicted molar refractivity (Wildman–Crippen MR) is 77.9 cm³/mol. The number of carboxylic acid groups (broad SMARTS) is 1. The summed E-state index contributed by atoms with van der Waals surface area (Å²) in [5.41, 5.74) is 2.10. The predicted octanol–water partition coefficient (Wildman–Crippen LogP) is 0.663. The van der Waals surface area contributed by atoms with Crippen molar-refractivity contribution < 1.29 is 23.1 Å². The van der Waals surface area contributed by atoms with Crippen LogP contribution in [-0.2, 0) is 19.6 Å². The minimum atomic E-state index is -3.88. The Kier molecular flexibility index (Phi) is 4.94. The smallest absolute Gasteiger partial charge is 0.307 e. The van der Waals surface area contributed by atoms with Gasteiger partial charge in [-0.2, -0.15) is 0 Å². The van der Waals surface area contributed by atoms with Crippen LogP contribution in [0.2, 0.25) is 0 Å². The molecule has 0 saturated heterocycles. The minimum absolute atomic E-state index is 0.00799. The first-order valence-electron chi connectivity index (χ1n) is 6.66. The summed E-state index contributed by atoms with van der Waals surface area (Å²) in [5, 5.41) is 9.11. The molecule has 1 aromatic rings. The number of hydrogen-bond acceptors (Lipinski definition) is 4. The van der Waals surface area contributed by atoms with Crippen LogP contribution in [0.4, 0.5) is 0 Å². The molecule has 0 unspecified atom stereocenters. The van der Waals surface area contributed by atoms with Gasteiger partial charge in [-0.3, -0.25) is 15.0 Å². The van der Waals surface area contributed by atoms with Crippen molar-refractivity contribution in [1.82, 2.24) is 10.3 Å². The van der Waals surface area contributed by atoms with Crippen molar-refractivity contribution >= 4 is 21.9 Å². The summed E-state index contributed by atoms with van der Waals surface area (Å²) in [5.74, 6) is -3.39. The highest BCUT2D eigenvalue weighted by Crippen LogP contribution is 2.25. The van der Waals surface area contributed by atoms with Crippen LogP contribution in [0, 0.1) is 11.8 Å². The monoisotopic (exact) mass is 324 g/mol. The Morgan fingerprint density at radius 2 is 1.64 bits per heavy atom. The van der Waals surface area contributed by atoms with E-state index in [1.807, 2.05) is 4.83 Å². The summed E-state index contributed by atoms with van der Waals surface area (Å²) >= 11 is 0. The van der Waals surface area contributed by atoms with E-state index in [1.54, 1.807) is 30.4 Å². The highest BCUT2D eigenvalue weighted by Gasteiger charge is 2.34. The van der Waals surface area contributed by atoms with Crippen LogP contribution in [0.1, 0.15) is 12.8 Å². The molecule has 0 bridgehead atoms. The molecule has 7 nitrogen and oxygen atoms in total. The Bertz CT molecular complexity index is 684. The van der Waals surface area contributed by atoms with Crippen LogP contribution in [-0.4, -0.2) is 25.4 Å². The Hall–Kier alpha value is -2.19. The molecule has 3 N–H and O–H groups in total. The second-order valence-electron chi connectivity index (χ2n) is 4.90. The van der Waals surface area contributed by atoms with E-state index < -0.39 is 33.7 Å². The Labute approximate surface area is 128 Å².